The first-order valence-electron chi connectivity index (χ1n) is 8.53. The van der Waals surface area contributed by atoms with E-state index in [0.29, 0.717) is 12.8 Å². The second-order valence-electron chi connectivity index (χ2n) is 6.46. The lowest BCUT2D eigenvalue weighted by Gasteiger charge is -2.30. The van der Waals surface area contributed by atoms with Gasteiger partial charge in [0.15, 0.2) is 0 Å². The summed E-state index contributed by atoms with van der Waals surface area (Å²) >= 11 is 0. The number of amides is 2. The van der Waals surface area contributed by atoms with Gasteiger partial charge in [0.25, 0.3) is 11.5 Å². The van der Waals surface area contributed by atoms with Crippen LogP contribution in [0.15, 0.2) is 40.1 Å². The van der Waals surface area contributed by atoms with Gasteiger partial charge < -0.3 is 15.6 Å². The number of nitrogens with one attached hydrogen (secondary N) is 1. The van der Waals surface area contributed by atoms with E-state index in [1.807, 2.05) is 0 Å². The predicted octanol–water partition coefficient (Wildman–Crippen LogP) is 0.0615. The van der Waals surface area contributed by atoms with Crippen molar-refractivity contribution in [2.75, 3.05) is 13.1 Å². The second kappa shape index (κ2) is 7.56. The van der Waals surface area contributed by atoms with Crippen molar-refractivity contribution >= 4 is 11.8 Å². The van der Waals surface area contributed by atoms with Crippen molar-refractivity contribution in [3.8, 4) is 0 Å². The Balaban J connectivity index is 1.86. The van der Waals surface area contributed by atoms with Gasteiger partial charge in [-0.3, -0.25) is 19.0 Å². The van der Waals surface area contributed by atoms with E-state index in [-0.39, 0.29) is 36.7 Å². The number of primary amides is 1. The van der Waals surface area contributed by atoms with Crippen LogP contribution in [0.3, 0.4) is 0 Å². The molecule has 0 saturated carbocycles. The molecule has 142 valence electrons. The zero-order valence-electron chi connectivity index (χ0n) is 14.5. The molecule has 2 amide bonds. The minimum atomic E-state index is -0.788. The van der Waals surface area contributed by atoms with E-state index in [2.05, 4.69) is 4.98 Å². The maximum atomic E-state index is 13.8. The quantitative estimate of drug-likeness (QED) is 0.787. The van der Waals surface area contributed by atoms with E-state index < -0.39 is 28.9 Å². The van der Waals surface area contributed by atoms with Crippen LogP contribution in [0.4, 0.5) is 4.39 Å². The maximum Gasteiger partial charge on any atom is 0.328 e. The van der Waals surface area contributed by atoms with Crippen LogP contribution in [-0.4, -0.2) is 39.4 Å². The molecule has 3 rings (SSSR count). The van der Waals surface area contributed by atoms with E-state index in [0.717, 1.165) is 10.8 Å². The number of carbonyl (C=O) groups excluding carboxylic acids is 2. The molecule has 2 aromatic rings. The Morgan fingerprint density at radius 3 is 2.48 bits per heavy atom. The number of carbonyl (C=O) groups is 2. The van der Waals surface area contributed by atoms with E-state index in [1.165, 1.54) is 23.1 Å². The summed E-state index contributed by atoms with van der Waals surface area (Å²) in [5.41, 5.74) is 3.72. The number of nitrogens with zero attached hydrogens (tertiary/aromatic N) is 2. The fourth-order valence-corrected chi connectivity index (χ4v) is 3.14. The van der Waals surface area contributed by atoms with Gasteiger partial charge in [-0.2, -0.15) is 0 Å². The SMILES string of the molecule is NC(=O)C1CCN(C(=O)c2c[nH]c(=O)n(Cc3ccccc3F)c2=O)CC1. The van der Waals surface area contributed by atoms with Crippen LogP contribution in [0.2, 0.25) is 0 Å². The number of aromatic amines is 1. The summed E-state index contributed by atoms with van der Waals surface area (Å²) in [5.74, 6) is -1.78. The maximum absolute atomic E-state index is 13.8. The Hall–Kier alpha value is -3.23. The molecular weight excluding hydrogens is 355 g/mol. The molecule has 0 spiro atoms. The number of nitrogens with two attached hydrogens (primary N) is 1. The number of piperidine rings is 1. The lowest BCUT2D eigenvalue weighted by Crippen LogP contribution is -2.45. The monoisotopic (exact) mass is 374 g/mol. The summed E-state index contributed by atoms with van der Waals surface area (Å²) in [4.78, 5) is 52.4. The molecule has 1 aromatic heterocycles. The molecular formula is C18H19FN4O4. The lowest BCUT2D eigenvalue weighted by atomic mass is 9.96. The van der Waals surface area contributed by atoms with Gasteiger partial charge in [0.05, 0.1) is 6.54 Å². The van der Waals surface area contributed by atoms with Crippen LogP contribution >= 0.6 is 0 Å². The van der Waals surface area contributed by atoms with Gasteiger partial charge in [-0.05, 0) is 18.9 Å². The Labute approximate surface area is 153 Å². The summed E-state index contributed by atoms with van der Waals surface area (Å²) in [5, 5.41) is 0. The molecule has 0 bridgehead atoms. The highest BCUT2D eigenvalue weighted by atomic mass is 19.1. The Morgan fingerprint density at radius 2 is 1.85 bits per heavy atom. The summed E-state index contributed by atoms with van der Waals surface area (Å²) in [7, 11) is 0. The Morgan fingerprint density at radius 1 is 1.19 bits per heavy atom. The first-order valence-corrected chi connectivity index (χ1v) is 8.53. The highest BCUT2D eigenvalue weighted by Gasteiger charge is 2.28. The van der Waals surface area contributed by atoms with E-state index in [1.54, 1.807) is 6.07 Å². The molecule has 2 heterocycles. The van der Waals surface area contributed by atoms with E-state index >= 15 is 0 Å². The van der Waals surface area contributed by atoms with Gasteiger partial charge in [0, 0.05) is 30.8 Å². The van der Waals surface area contributed by atoms with Gasteiger partial charge in [-0.25, -0.2) is 9.18 Å². The number of aromatic nitrogens is 2. The third-order valence-corrected chi connectivity index (χ3v) is 4.76. The van der Waals surface area contributed by atoms with Crippen LogP contribution in [0.5, 0.6) is 0 Å². The van der Waals surface area contributed by atoms with Crippen molar-refractivity contribution in [3.63, 3.8) is 0 Å². The summed E-state index contributed by atoms with van der Waals surface area (Å²) in [6.45, 7) is 0.294. The summed E-state index contributed by atoms with van der Waals surface area (Å²) in [6.07, 6.45) is 1.92. The first kappa shape index (κ1) is 18.6. The zero-order valence-corrected chi connectivity index (χ0v) is 14.5. The fraction of sp³-hybridized carbons (Fsp3) is 0.333. The number of rotatable bonds is 4. The fourth-order valence-electron chi connectivity index (χ4n) is 3.14. The summed E-state index contributed by atoms with van der Waals surface area (Å²) in [6, 6.07) is 5.79. The van der Waals surface area contributed by atoms with Gasteiger partial charge in [0.1, 0.15) is 11.4 Å². The first-order chi connectivity index (χ1) is 12.9. The van der Waals surface area contributed by atoms with Crippen LogP contribution in [0.1, 0.15) is 28.8 Å². The van der Waals surface area contributed by atoms with Crippen molar-refractivity contribution in [3.05, 3.63) is 68.2 Å². The highest BCUT2D eigenvalue weighted by molar-refractivity contribution is 5.93. The Kier molecular flexibility index (Phi) is 5.20. The van der Waals surface area contributed by atoms with Crippen LogP contribution < -0.4 is 17.0 Å². The number of benzene rings is 1. The van der Waals surface area contributed by atoms with E-state index in [4.69, 9.17) is 5.73 Å². The van der Waals surface area contributed by atoms with Crippen LogP contribution in [0.25, 0.3) is 0 Å². The van der Waals surface area contributed by atoms with Crippen molar-refractivity contribution in [1.29, 1.82) is 0 Å². The number of likely N-dealkylation sites (tertiary alicyclic amines) is 1. The minimum absolute atomic E-state index is 0.164. The lowest BCUT2D eigenvalue weighted by molar-refractivity contribution is -0.123. The number of H-pyrrole nitrogens is 1. The molecule has 8 nitrogen and oxygen atoms in total. The zero-order chi connectivity index (χ0) is 19.6. The van der Waals surface area contributed by atoms with Gasteiger partial charge in [0.2, 0.25) is 5.91 Å². The summed E-state index contributed by atoms with van der Waals surface area (Å²) < 4.78 is 14.6. The number of halogens is 1. The Bertz CT molecular complexity index is 989. The average Bonchev–Trinajstić information content (AvgIpc) is 2.66. The third kappa shape index (κ3) is 3.81. The molecule has 9 heteroatoms. The molecule has 1 fully saturated rings. The van der Waals surface area contributed by atoms with Crippen LogP contribution in [0, 0.1) is 11.7 Å². The van der Waals surface area contributed by atoms with Gasteiger partial charge in [-0.15, -0.1) is 0 Å². The number of hydrogen-bond acceptors (Lipinski definition) is 4. The molecule has 0 atom stereocenters. The molecule has 1 saturated heterocycles. The second-order valence-corrected chi connectivity index (χ2v) is 6.46. The molecule has 3 N–H and O–H groups in total. The topological polar surface area (TPSA) is 118 Å². The molecule has 1 aromatic carbocycles. The largest absolute Gasteiger partial charge is 0.369 e. The predicted molar refractivity (Wildman–Crippen MR) is 94.6 cm³/mol. The molecule has 1 aliphatic rings. The number of hydrogen-bond donors (Lipinski definition) is 2. The molecule has 1 aliphatic heterocycles. The van der Waals surface area contributed by atoms with E-state index in [9.17, 15) is 23.6 Å². The standard InChI is InChI=1S/C18H19FN4O4/c19-14-4-2-1-3-12(14)10-23-17(26)13(9-21-18(23)27)16(25)22-7-5-11(6-8-22)15(20)24/h1-4,9,11H,5-8,10H2,(H2,20,24)(H,21,27). The van der Waals surface area contributed by atoms with Crippen molar-refractivity contribution in [2.45, 2.75) is 19.4 Å². The molecule has 0 aliphatic carbocycles. The highest BCUT2D eigenvalue weighted by Crippen LogP contribution is 2.17. The molecule has 0 radical (unpaired) electrons. The molecule has 27 heavy (non-hydrogen) atoms. The van der Waals surface area contributed by atoms with Gasteiger partial charge in [-0.1, -0.05) is 18.2 Å². The van der Waals surface area contributed by atoms with Crippen molar-refractivity contribution in [1.82, 2.24) is 14.5 Å². The average molecular weight is 374 g/mol. The van der Waals surface area contributed by atoms with Gasteiger partial charge >= 0.3 is 5.69 Å². The van der Waals surface area contributed by atoms with Crippen molar-refractivity contribution in [2.24, 2.45) is 11.7 Å². The minimum Gasteiger partial charge on any atom is -0.369 e. The molecule has 0 unspecified atom stereocenters. The third-order valence-electron chi connectivity index (χ3n) is 4.76. The van der Waals surface area contributed by atoms with Crippen LogP contribution in [-0.2, 0) is 11.3 Å². The smallest absolute Gasteiger partial charge is 0.328 e. The van der Waals surface area contributed by atoms with Crippen molar-refractivity contribution < 1.29 is 14.0 Å². The normalized spacial score (nSPS) is 14.9.